The molecule has 0 unspecified atom stereocenters. The molecule has 5 nitrogen and oxygen atoms in total. The Hall–Kier alpha value is -2.18. The van der Waals surface area contributed by atoms with Gasteiger partial charge in [-0.2, -0.15) is 0 Å². The number of ether oxygens (including phenoxy) is 3. The van der Waals surface area contributed by atoms with Crippen molar-refractivity contribution in [1.82, 2.24) is 0 Å². The standard InChI is InChI=1S/C9H11N2O3.BF4/c1-12-7-4-6(11-10)5-8(13-2)9(7)14-3;2-1(3,4)5/h4-5H,1-3H3;/q+1;-1. The molecule has 10 heteroatoms. The molecule has 1 aromatic carbocycles. The van der Waals surface area contributed by atoms with Crippen molar-refractivity contribution in [2.75, 3.05) is 21.3 Å². The zero-order valence-corrected chi connectivity index (χ0v) is 10.4. The third-order valence-electron chi connectivity index (χ3n) is 1.76. The molecule has 0 aliphatic carbocycles. The van der Waals surface area contributed by atoms with Crippen molar-refractivity contribution in [1.29, 1.82) is 5.39 Å². The third-order valence-corrected chi connectivity index (χ3v) is 1.76. The van der Waals surface area contributed by atoms with Gasteiger partial charge in [-0.3, -0.25) is 0 Å². The first kappa shape index (κ1) is 16.8. The summed E-state index contributed by atoms with van der Waals surface area (Å²) in [6.45, 7) is 0. The number of halogens is 4. The van der Waals surface area contributed by atoms with Crippen LogP contribution in [-0.4, -0.2) is 28.6 Å². The van der Waals surface area contributed by atoms with E-state index >= 15 is 0 Å². The molecule has 0 aliphatic heterocycles. The number of benzene rings is 1. The highest BCUT2D eigenvalue weighted by atomic mass is 19.5. The Morgan fingerprint density at radius 2 is 1.32 bits per heavy atom. The highest BCUT2D eigenvalue weighted by Gasteiger charge is 2.20. The van der Waals surface area contributed by atoms with E-state index in [0.717, 1.165) is 0 Å². The maximum Gasteiger partial charge on any atom is 0.673 e. The zero-order valence-electron chi connectivity index (χ0n) is 10.4. The van der Waals surface area contributed by atoms with Crippen LogP contribution in [0.4, 0.5) is 23.0 Å². The number of rotatable bonds is 3. The van der Waals surface area contributed by atoms with Gasteiger partial charge in [0.25, 0.3) is 0 Å². The smallest absolute Gasteiger partial charge is 0.492 e. The molecule has 106 valence electrons. The first-order valence-corrected chi connectivity index (χ1v) is 4.79. The predicted molar refractivity (Wildman–Crippen MR) is 61.0 cm³/mol. The van der Waals surface area contributed by atoms with E-state index in [2.05, 4.69) is 4.98 Å². The van der Waals surface area contributed by atoms with E-state index in [4.69, 9.17) is 19.6 Å². The van der Waals surface area contributed by atoms with E-state index in [9.17, 15) is 17.3 Å². The molecule has 0 radical (unpaired) electrons. The second-order valence-corrected chi connectivity index (χ2v) is 2.98. The Bertz CT molecular complexity index is 431. The van der Waals surface area contributed by atoms with Crippen LogP contribution in [0.1, 0.15) is 0 Å². The third kappa shape index (κ3) is 6.35. The summed E-state index contributed by atoms with van der Waals surface area (Å²) in [6, 6.07) is 3.09. The molecule has 19 heavy (non-hydrogen) atoms. The molecular formula is C9H11BF4N2O3. The summed E-state index contributed by atoms with van der Waals surface area (Å²) in [6.07, 6.45) is 0. The molecule has 0 bridgehead atoms. The van der Waals surface area contributed by atoms with Crippen molar-refractivity contribution in [2.24, 2.45) is 0 Å². The van der Waals surface area contributed by atoms with Crippen molar-refractivity contribution in [3.8, 4) is 17.2 Å². The van der Waals surface area contributed by atoms with Gasteiger partial charge in [-0.15, -0.1) is 0 Å². The maximum absolute atomic E-state index is 9.75. The van der Waals surface area contributed by atoms with Gasteiger partial charge in [0.1, 0.15) is 0 Å². The average Bonchev–Trinajstić information content (AvgIpc) is 2.34. The van der Waals surface area contributed by atoms with Gasteiger partial charge in [0.15, 0.2) is 16.5 Å². The molecule has 0 fully saturated rings. The second-order valence-electron chi connectivity index (χ2n) is 2.98. The minimum Gasteiger partial charge on any atom is -0.492 e. The molecule has 0 aliphatic rings. The van der Waals surface area contributed by atoms with Crippen LogP contribution >= 0.6 is 0 Å². The van der Waals surface area contributed by atoms with Crippen LogP contribution in [0.25, 0.3) is 4.98 Å². The molecule has 0 N–H and O–H groups in total. The SMILES string of the molecule is COc1cc([N+]#N)cc(OC)c1OC.F[B-](F)(F)F. The van der Waals surface area contributed by atoms with Crippen LogP contribution < -0.4 is 14.2 Å². The summed E-state index contributed by atoms with van der Waals surface area (Å²) in [5.74, 6) is 1.39. The molecule has 0 saturated carbocycles. The Kier molecular flexibility index (Phi) is 6.47. The number of nitrogens with zero attached hydrogens (tertiary/aromatic N) is 2. The minimum absolute atomic E-state index is 0.347. The van der Waals surface area contributed by atoms with Crippen LogP contribution in [0, 0.1) is 5.39 Å². The molecule has 0 amide bonds. The van der Waals surface area contributed by atoms with Crippen LogP contribution in [0.15, 0.2) is 12.1 Å². The fourth-order valence-corrected chi connectivity index (χ4v) is 1.12. The molecule has 0 spiro atoms. The van der Waals surface area contributed by atoms with Crippen LogP contribution in [0.3, 0.4) is 0 Å². The summed E-state index contributed by atoms with van der Waals surface area (Å²) in [4.78, 5) is 3.05. The number of methoxy groups -OCH3 is 3. The highest BCUT2D eigenvalue weighted by Crippen LogP contribution is 2.40. The maximum atomic E-state index is 9.75. The summed E-state index contributed by atoms with van der Waals surface area (Å²) in [5.41, 5.74) is 0.347. The van der Waals surface area contributed by atoms with Crippen molar-refractivity contribution in [3.05, 3.63) is 17.1 Å². The number of hydrogen-bond donors (Lipinski definition) is 0. The summed E-state index contributed by atoms with van der Waals surface area (Å²) in [5, 5.41) is 8.61. The molecule has 0 atom stereocenters. The normalized spacial score (nSPS) is 9.79. The molecule has 0 heterocycles. The highest BCUT2D eigenvalue weighted by molar-refractivity contribution is 6.50. The van der Waals surface area contributed by atoms with Gasteiger partial charge in [-0.05, 0) is 0 Å². The van der Waals surface area contributed by atoms with Gasteiger partial charge in [-0.25, -0.2) is 0 Å². The number of diazo groups is 1. The van der Waals surface area contributed by atoms with E-state index in [1.165, 1.54) is 21.3 Å². The monoisotopic (exact) mass is 282 g/mol. The van der Waals surface area contributed by atoms with Gasteiger partial charge in [-0.1, -0.05) is 0 Å². The van der Waals surface area contributed by atoms with E-state index < -0.39 is 7.25 Å². The lowest BCUT2D eigenvalue weighted by Gasteiger charge is -2.09. The largest absolute Gasteiger partial charge is 0.673 e. The van der Waals surface area contributed by atoms with Gasteiger partial charge in [0.2, 0.25) is 11.1 Å². The van der Waals surface area contributed by atoms with Gasteiger partial charge in [0, 0.05) is 0 Å². The Labute approximate surface area is 106 Å². The molecular weight excluding hydrogens is 271 g/mol. The fraction of sp³-hybridized carbons (Fsp3) is 0.333. The molecule has 0 aromatic heterocycles. The predicted octanol–water partition coefficient (Wildman–Crippen LogP) is 3.50. The van der Waals surface area contributed by atoms with Crippen molar-refractivity contribution < 1.29 is 31.5 Å². The zero-order chi connectivity index (χ0) is 15.1. The summed E-state index contributed by atoms with van der Waals surface area (Å²) in [7, 11) is -1.49. The topological polar surface area (TPSA) is 55.8 Å². The van der Waals surface area contributed by atoms with E-state index in [-0.39, 0.29) is 0 Å². The lowest BCUT2D eigenvalue weighted by Crippen LogP contribution is -2.02. The Morgan fingerprint density at radius 1 is 0.947 bits per heavy atom. The lowest BCUT2D eigenvalue weighted by molar-refractivity contribution is 0.325. The quantitative estimate of drug-likeness (QED) is 0.483. The van der Waals surface area contributed by atoms with Gasteiger partial charge in [0.05, 0.1) is 33.5 Å². The number of hydrogen-bond acceptors (Lipinski definition) is 4. The van der Waals surface area contributed by atoms with Crippen molar-refractivity contribution in [3.63, 3.8) is 0 Å². The second kappa shape index (κ2) is 7.30. The fourth-order valence-electron chi connectivity index (χ4n) is 1.12. The lowest BCUT2D eigenvalue weighted by atomic mass is 10.2. The first-order valence-electron chi connectivity index (χ1n) is 4.79. The molecule has 0 saturated heterocycles. The Balaban J connectivity index is 0.000000555. The molecule has 1 rings (SSSR count). The Morgan fingerprint density at radius 3 is 1.53 bits per heavy atom. The van der Waals surface area contributed by atoms with Crippen LogP contribution in [-0.2, 0) is 0 Å². The first-order chi connectivity index (χ1) is 8.76. The van der Waals surface area contributed by atoms with E-state index in [1.807, 2.05) is 0 Å². The minimum atomic E-state index is -6.00. The average molecular weight is 282 g/mol. The van der Waals surface area contributed by atoms with Crippen LogP contribution in [0.2, 0.25) is 0 Å². The van der Waals surface area contributed by atoms with Crippen molar-refractivity contribution in [2.45, 2.75) is 0 Å². The summed E-state index contributed by atoms with van der Waals surface area (Å²) >= 11 is 0. The van der Waals surface area contributed by atoms with E-state index in [0.29, 0.717) is 22.9 Å². The molecule has 1 aromatic rings. The van der Waals surface area contributed by atoms with Gasteiger partial charge < -0.3 is 31.5 Å². The van der Waals surface area contributed by atoms with Crippen molar-refractivity contribution >= 4 is 12.9 Å². The van der Waals surface area contributed by atoms with Crippen LogP contribution in [0.5, 0.6) is 17.2 Å². The summed E-state index contributed by atoms with van der Waals surface area (Å²) < 4.78 is 54.2. The van der Waals surface area contributed by atoms with Gasteiger partial charge >= 0.3 is 12.9 Å². The van der Waals surface area contributed by atoms with E-state index in [1.54, 1.807) is 12.1 Å².